The molecule has 2 aromatic heterocycles. The molecule has 0 fully saturated rings. The van der Waals surface area contributed by atoms with Gasteiger partial charge in [-0.25, -0.2) is 4.98 Å². The SMILES string of the molecule is CN(C)c1nc2sc(C(=O)Nc3ccc4c(c3)OCCCO4)cc2s1. The van der Waals surface area contributed by atoms with Gasteiger partial charge in [0.05, 0.1) is 22.8 Å². The van der Waals surface area contributed by atoms with E-state index in [1.54, 1.807) is 17.4 Å². The van der Waals surface area contributed by atoms with Crippen LogP contribution in [-0.2, 0) is 0 Å². The first-order valence-electron chi connectivity index (χ1n) is 7.89. The number of nitrogens with zero attached hydrogens (tertiary/aromatic N) is 2. The van der Waals surface area contributed by atoms with Crippen molar-refractivity contribution in [2.75, 3.05) is 37.5 Å². The molecule has 0 atom stereocenters. The van der Waals surface area contributed by atoms with Gasteiger partial charge in [0.1, 0.15) is 4.83 Å². The Hall–Kier alpha value is -2.32. The Bertz CT molecular complexity index is 901. The summed E-state index contributed by atoms with van der Waals surface area (Å²) in [7, 11) is 3.92. The molecule has 6 nitrogen and oxygen atoms in total. The van der Waals surface area contributed by atoms with E-state index in [2.05, 4.69) is 10.3 Å². The predicted octanol–water partition coefficient (Wildman–Crippen LogP) is 3.84. The molecule has 0 saturated heterocycles. The summed E-state index contributed by atoms with van der Waals surface area (Å²) in [6.45, 7) is 1.26. The number of hydrogen-bond acceptors (Lipinski definition) is 7. The predicted molar refractivity (Wildman–Crippen MR) is 102 cm³/mol. The maximum absolute atomic E-state index is 12.5. The van der Waals surface area contributed by atoms with Gasteiger partial charge >= 0.3 is 0 Å². The number of aromatic nitrogens is 1. The molecular weight excluding hydrogens is 358 g/mol. The van der Waals surface area contributed by atoms with Crippen molar-refractivity contribution in [2.45, 2.75) is 6.42 Å². The molecule has 4 rings (SSSR count). The normalized spacial score (nSPS) is 13.5. The highest BCUT2D eigenvalue weighted by Crippen LogP contribution is 2.35. The standard InChI is InChI=1S/C17H17N3O3S2/c1-20(2)17-19-16-14(25-17)9-13(24-16)15(21)18-10-4-5-11-12(8-10)23-7-3-6-22-11/h4-5,8-9H,3,6-7H2,1-2H3,(H,18,21). The molecule has 0 bridgehead atoms. The van der Waals surface area contributed by atoms with Crippen LogP contribution in [0.15, 0.2) is 24.3 Å². The third-order valence-electron chi connectivity index (χ3n) is 3.69. The summed E-state index contributed by atoms with van der Waals surface area (Å²) >= 11 is 2.98. The zero-order valence-electron chi connectivity index (χ0n) is 13.9. The first-order valence-corrected chi connectivity index (χ1v) is 9.52. The number of carbonyl (C=O) groups excluding carboxylic acids is 1. The number of anilines is 2. The van der Waals surface area contributed by atoms with E-state index in [0.717, 1.165) is 21.1 Å². The second kappa shape index (κ2) is 6.53. The second-order valence-electron chi connectivity index (χ2n) is 5.84. The van der Waals surface area contributed by atoms with Crippen LogP contribution >= 0.6 is 22.7 Å². The average Bonchev–Trinajstić information content (AvgIpc) is 3.07. The highest BCUT2D eigenvalue weighted by Gasteiger charge is 2.16. The Balaban J connectivity index is 1.53. The van der Waals surface area contributed by atoms with E-state index in [-0.39, 0.29) is 5.91 Å². The molecule has 3 aromatic rings. The van der Waals surface area contributed by atoms with Crippen molar-refractivity contribution in [3.8, 4) is 11.5 Å². The lowest BCUT2D eigenvalue weighted by molar-refractivity contribution is 0.103. The number of nitrogens with one attached hydrogen (secondary N) is 1. The highest BCUT2D eigenvalue weighted by molar-refractivity contribution is 7.29. The maximum Gasteiger partial charge on any atom is 0.265 e. The summed E-state index contributed by atoms with van der Waals surface area (Å²) in [6, 6.07) is 7.35. The number of rotatable bonds is 3. The Labute approximate surface area is 153 Å². The molecule has 0 unspecified atom stereocenters. The maximum atomic E-state index is 12.5. The Morgan fingerprint density at radius 2 is 1.96 bits per heavy atom. The van der Waals surface area contributed by atoms with Crippen LogP contribution in [-0.4, -0.2) is 38.2 Å². The fourth-order valence-electron chi connectivity index (χ4n) is 2.46. The zero-order chi connectivity index (χ0) is 17.4. The largest absolute Gasteiger partial charge is 0.490 e. The molecule has 0 spiro atoms. The summed E-state index contributed by atoms with van der Waals surface area (Å²) in [5.41, 5.74) is 0.688. The number of thiophene rings is 1. The molecule has 1 aliphatic heterocycles. The van der Waals surface area contributed by atoms with Crippen LogP contribution in [0.3, 0.4) is 0 Å². The van der Waals surface area contributed by atoms with Gasteiger partial charge in [0.2, 0.25) is 0 Å². The molecule has 25 heavy (non-hydrogen) atoms. The lowest BCUT2D eigenvalue weighted by atomic mass is 10.2. The third-order valence-corrected chi connectivity index (χ3v) is 6.02. The van der Waals surface area contributed by atoms with Gasteiger partial charge in [-0.05, 0) is 18.2 Å². The molecule has 8 heteroatoms. The van der Waals surface area contributed by atoms with Crippen LogP contribution in [0.4, 0.5) is 10.8 Å². The van der Waals surface area contributed by atoms with Crippen molar-refractivity contribution in [1.82, 2.24) is 4.98 Å². The van der Waals surface area contributed by atoms with E-state index in [1.165, 1.54) is 11.3 Å². The third kappa shape index (κ3) is 3.27. The minimum absolute atomic E-state index is 0.143. The van der Waals surface area contributed by atoms with Crippen molar-refractivity contribution in [1.29, 1.82) is 0 Å². The smallest absolute Gasteiger partial charge is 0.265 e. The van der Waals surface area contributed by atoms with Crippen molar-refractivity contribution in [3.63, 3.8) is 0 Å². The van der Waals surface area contributed by atoms with Gasteiger partial charge in [-0.1, -0.05) is 11.3 Å². The van der Waals surface area contributed by atoms with Crippen molar-refractivity contribution < 1.29 is 14.3 Å². The summed E-state index contributed by atoms with van der Waals surface area (Å²) in [5, 5.41) is 3.86. The topological polar surface area (TPSA) is 63.7 Å². The second-order valence-corrected chi connectivity index (χ2v) is 7.88. The van der Waals surface area contributed by atoms with Crippen LogP contribution in [0.5, 0.6) is 11.5 Å². The van der Waals surface area contributed by atoms with E-state index in [0.29, 0.717) is 35.3 Å². The monoisotopic (exact) mass is 375 g/mol. The Morgan fingerprint density at radius 3 is 2.72 bits per heavy atom. The number of hydrogen-bond donors (Lipinski definition) is 1. The van der Waals surface area contributed by atoms with Crippen LogP contribution in [0.1, 0.15) is 16.1 Å². The van der Waals surface area contributed by atoms with Crippen LogP contribution in [0, 0.1) is 0 Å². The van der Waals surface area contributed by atoms with E-state index in [4.69, 9.17) is 9.47 Å². The molecule has 1 aromatic carbocycles. The number of amides is 1. The zero-order valence-corrected chi connectivity index (χ0v) is 15.5. The first kappa shape index (κ1) is 16.2. The average molecular weight is 375 g/mol. The number of carbonyl (C=O) groups is 1. The van der Waals surface area contributed by atoms with Gasteiger partial charge < -0.3 is 19.7 Å². The number of thiazole rings is 1. The lowest BCUT2D eigenvalue weighted by Gasteiger charge is -2.10. The number of fused-ring (bicyclic) bond motifs is 2. The van der Waals surface area contributed by atoms with Crippen LogP contribution in [0.25, 0.3) is 9.53 Å². The molecule has 130 valence electrons. The van der Waals surface area contributed by atoms with Crippen molar-refractivity contribution >= 4 is 48.9 Å². The minimum Gasteiger partial charge on any atom is -0.490 e. The lowest BCUT2D eigenvalue weighted by Crippen LogP contribution is -2.10. The quantitative estimate of drug-likeness (QED) is 0.754. The van der Waals surface area contributed by atoms with Gasteiger partial charge in [-0.2, -0.15) is 0 Å². The molecule has 1 amide bonds. The van der Waals surface area contributed by atoms with Gasteiger partial charge in [-0.3, -0.25) is 4.79 Å². The molecule has 1 N–H and O–H groups in total. The van der Waals surface area contributed by atoms with Gasteiger partial charge in [0.25, 0.3) is 5.91 Å². The molecule has 0 saturated carbocycles. The van der Waals surface area contributed by atoms with Crippen LogP contribution in [0.2, 0.25) is 0 Å². The molecular formula is C17H17N3O3S2. The molecule has 3 heterocycles. The van der Waals surface area contributed by atoms with E-state index in [9.17, 15) is 4.79 Å². The summed E-state index contributed by atoms with van der Waals surface area (Å²) in [4.78, 5) is 20.6. The first-order chi connectivity index (χ1) is 12.1. The summed E-state index contributed by atoms with van der Waals surface area (Å²) in [5.74, 6) is 1.24. The number of benzene rings is 1. The Morgan fingerprint density at radius 1 is 1.16 bits per heavy atom. The molecule has 0 aliphatic carbocycles. The summed E-state index contributed by atoms with van der Waals surface area (Å²) in [6.07, 6.45) is 0.851. The Kier molecular flexibility index (Phi) is 4.22. The van der Waals surface area contributed by atoms with Crippen molar-refractivity contribution in [3.05, 3.63) is 29.1 Å². The number of ether oxygens (including phenoxy) is 2. The molecule has 1 aliphatic rings. The molecule has 0 radical (unpaired) electrons. The van der Waals surface area contributed by atoms with E-state index < -0.39 is 0 Å². The van der Waals surface area contributed by atoms with E-state index in [1.807, 2.05) is 37.2 Å². The fourth-order valence-corrected chi connectivity index (χ4v) is 4.49. The van der Waals surface area contributed by atoms with Gasteiger partial charge in [0, 0.05) is 32.3 Å². The highest BCUT2D eigenvalue weighted by atomic mass is 32.1. The van der Waals surface area contributed by atoms with Crippen LogP contribution < -0.4 is 19.7 Å². The minimum atomic E-state index is -0.143. The van der Waals surface area contributed by atoms with Gasteiger partial charge in [0.15, 0.2) is 16.6 Å². The van der Waals surface area contributed by atoms with E-state index >= 15 is 0 Å². The van der Waals surface area contributed by atoms with Crippen molar-refractivity contribution in [2.24, 2.45) is 0 Å². The van der Waals surface area contributed by atoms with Gasteiger partial charge in [-0.15, -0.1) is 11.3 Å². The summed E-state index contributed by atoms with van der Waals surface area (Å²) < 4.78 is 12.3. The fraction of sp³-hybridized carbons (Fsp3) is 0.294.